The van der Waals surface area contributed by atoms with Gasteiger partial charge in [0.25, 0.3) is 8.18 Å². The summed E-state index contributed by atoms with van der Waals surface area (Å²) in [5.41, 5.74) is 5.07. The van der Waals surface area contributed by atoms with Crippen molar-refractivity contribution in [2.75, 3.05) is 12.3 Å². The van der Waals surface area contributed by atoms with Crippen LogP contribution in [0.2, 0.25) is 0 Å². The molecule has 3 heterocycles. The van der Waals surface area contributed by atoms with Crippen molar-refractivity contribution in [3.63, 3.8) is 0 Å². The van der Waals surface area contributed by atoms with Crippen molar-refractivity contribution in [1.29, 1.82) is 0 Å². The molecule has 5 rings (SSSR count). The number of imidazole rings is 1. The highest BCUT2D eigenvalue weighted by Crippen LogP contribution is 2.42. The van der Waals surface area contributed by atoms with E-state index in [0.717, 1.165) is 61.8 Å². The predicted molar refractivity (Wildman–Crippen MR) is 253 cm³/mol. The van der Waals surface area contributed by atoms with Gasteiger partial charge < -0.3 is 29.7 Å². The monoisotopic (exact) mass is 919 g/mol. The summed E-state index contributed by atoms with van der Waals surface area (Å²) >= 11 is 0. The number of hydrogen-bond donors (Lipinski definition) is 2. The molecule has 0 saturated carbocycles. The third-order valence-corrected chi connectivity index (χ3v) is 13.3. The Hall–Kier alpha value is -4.38. The van der Waals surface area contributed by atoms with Gasteiger partial charge in [-0.2, -0.15) is 14.4 Å². The first-order valence-corrected chi connectivity index (χ1v) is 25.4. The van der Waals surface area contributed by atoms with E-state index in [9.17, 15) is 18.9 Å². The summed E-state index contributed by atoms with van der Waals surface area (Å²) in [4.78, 5) is 33.7. The number of para-hydroxylation sites is 1. The number of ether oxygens (including phenoxy) is 2. The standard InChI is InChI=1S/C50H72FN6O7P/c1-4-7-9-11-13-15-17-19-25-31-40(32-26-20-18-16-14-12-10-8-5-2)62-48(59)42(35-39-29-23-21-24-30-39)57(64-41-33-27-22-28-34-41)65(60)61-37-50(6-3)43(58)36-44(63-50)56-38-53-45-46(52)54-49(51)55-47(45)56/h3,21-24,27-30,33-34,38,40,42-44,58,65H,4-5,7-20,25-26,31-32,35-37H2,1-2H3,(H2,52,54,55)/t42-,43-,44+,50+/m0/s1. The third-order valence-electron chi connectivity index (χ3n) is 12.2. The molecule has 2 aromatic heterocycles. The molecular formula is C50H72FN6O7P. The molecule has 1 unspecified atom stereocenters. The normalized spacial score (nSPS) is 18.3. The Bertz CT molecular complexity index is 2030. The second-order valence-electron chi connectivity index (χ2n) is 17.3. The molecule has 3 N–H and O–H groups in total. The number of aliphatic hydroxyl groups is 1. The molecule has 0 amide bonds. The minimum atomic E-state index is -3.50. The van der Waals surface area contributed by atoms with Crippen LogP contribution in [-0.4, -0.2) is 65.9 Å². The molecule has 1 aliphatic heterocycles. The zero-order valence-electron chi connectivity index (χ0n) is 38.6. The number of nitrogens with zero attached hydrogens (tertiary/aromatic N) is 5. The summed E-state index contributed by atoms with van der Waals surface area (Å²) in [7, 11) is -3.50. The highest BCUT2D eigenvalue weighted by molar-refractivity contribution is 7.36. The zero-order valence-corrected chi connectivity index (χ0v) is 39.6. The number of nitrogens with two attached hydrogens (primary N) is 1. The molecule has 2 aromatic carbocycles. The summed E-state index contributed by atoms with van der Waals surface area (Å²) in [5.74, 6) is 2.09. The summed E-state index contributed by atoms with van der Waals surface area (Å²) in [6, 6.07) is 17.0. The van der Waals surface area contributed by atoms with E-state index in [1.807, 2.05) is 36.4 Å². The van der Waals surface area contributed by atoms with E-state index in [0.29, 0.717) is 5.75 Å². The van der Waals surface area contributed by atoms with Crippen LogP contribution >= 0.6 is 8.18 Å². The van der Waals surface area contributed by atoms with Crippen LogP contribution in [0.1, 0.15) is 160 Å². The number of unbranched alkanes of at least 4 members (excludes halogenated alkanes) is 16. The Balaban J connectivity index is 1.33. The smallest absolute Gasteiger partial charge is 0.328 e. The quantitative estimate of drug-likeness (QED) is 0.0119. The molecule has 1 fully saturated rings. The average Bonchev–Trinajstić information content (AvgIpc) is 3.89. The fourth-order valence-corrected chi connectivity index (χ4v) is 9.47. The molecule has 4 aromatic rings. The van der Waals surface area contributed by atoms with Crippen LogP contribution in [0.4, 0.5) is 10.2 Å². The van der Waals surface area contributed by atoms with E-state index in [1.54, 1.807) is 24.3 Å². The number of fused-ring (bicyclic) bond motifs is 1. The van der Waals surface area contributed by atoms with Crippen molar-refractivity contribution in [3.05, 3.63) is 78.6 Å². The van der Waals surface area contributed by atoms with Crippen molar-refractivity contribution >= 4 is 31.1 Å². The van der Waals surface area contributed by atoms with E-state index in [1.165, 1.54) is 87.9 Å². The Morgan fingerprint density at radius 2 is 1.46 bits per heavy atom. The zero-order chi connectivity index (χ0) is 46.3. The lowest BCUT2D eigenvalue weighted by Crippen LogP contribution is -2.45. The molecule has 5 atom stereocenters. The molecule has 65 heavy (non-hydrogen) atoms. The molecule has 0 radical (unpaired) electrons. The van der Waals surface area contributed by atoms with Gasteiger partial charge in [0.15, 0.2) is 28.6 Å². The van der Waals surface area contributed by atoms with E-state index < -0.39 is 50.8 Å². The topological polar surface area (TPSA) is 164 Å². The maximum Gasteiger partial charge on any atom is 0.328 e. The van der Waals surface area contributed by atoms with Gasteiger partial charge in [0, 0.05) is 12.8 Å². The highest BCUT2D eigenvalue weighted by atomic mass is 31.1. The molecule has 0 bridgehead atoms. The predicted octanol–water partition coefficient (Wildman–Crippen LogP) is 11.3. The van der Waals surface area contributed by atoms with Crippen molar-refractivity contribution in [3.8, 4) is 18.1 Å². The van der Waals surface area contributed by atoms with Gasteiger partial charge in [-0.25, -0.2) is 4.98 Å². The number of aromatic nitrogens is 4. The number of aliphatic hydroxyl groups excluding tert-OH is 1. The van der Waals surface area contributed by atoms with Crippen molar-refractivity contribution < 1.29 is 37.7 Å². The maximum absolute atomic E-state index is 14.7. The summed E-state index contributed by atoms with van der Waals surface area (Å²) in [6.45, 7) is 3.93. The van der Waals surface area contributed by atoms with Crippen LogP contribution < -0.4 is 10.6 Å². The van der Waals surface area contributed by atoms with Crippen LogP contribution in [0.15, 0.2) is 67.0 Å². The van der Waals surface area contributed by atoms with Gasteiger partial charge in [0.05, 0.1) is 12.9 Å². The van der Waals surface area contributed by atoms with E-state index in [4.69, 9.17) is 31.0 Å². The Morgan fingerprint density at radius 1 is 0.908 bits per heavy atom. The van der Waals surface area contributed by atoms with Gasteiger partial charge in [-0.05, 0) is 43.4 Å². The summed E-state index contributed by atoms with van der Waals surface area (Å²) in [6.07, 6.45) is 26.7. The molecule has 0 aliphatic carbocycles. The number of nitrogen functional groups attached to an aromatic ring is 1. The first-order chi connectivity index (χ1) is 31.7. The second kappa shape index (κ2) is 27.9. The van der Waals surface area contributed by atoms with Crippen LogP contribution in [-0.2, 0) is 29.8 Å². The number of hydroxylamine groups is 1. The number of halogens is 1. The molecule has 1 aliphatic rings. The lowest BCUT2D eigenvalue weighted by atomic mass is 9.99. The number of benzene rings is 2. The average molecular weight is 919 g/mol. The van der Waals surface area contributed by atoms with Crippen molar-refractivity contribution in [2.24, 2.45) is 0 Å². The van der Waals surface area contributed by atoms with Crippen molar-refractivity contribution in [1.82, 2.24) is 24.4 Å². The van der Waals surface area contributed by atoms with Crippen LogP contribution in [0.3, 0.4) is 0 Å². The number of anilines is 1. The SMILES string of the molecule is C#C[C@]1(CO[PH](=O)N(Oc2ccccc2)[C@@H](Cc2ccccc2)C(=O)OC(CCCCCCCCCCC)CCCCCCCCCCC)O[C@@H](n2cnc3c(N)nc(F)nc32)C[C@@H]1O. The first-order valence-electron chi connectivity index (χ1n) is 24.1. The first kappa shape index (κ1) is 51.6. The Labute approximate surface area is 386 Å². The van der Waals surface area contributed by atoms with Crippen LogP contribution in [0.5, 0.6) is 5.75 Å². The third kappa shape index (κ3) is 16.2. The number of hydrogen-bond acceptors (Lipinski definition) is 11. The van der Waals surface area contributed by atoms with E-state index in [-0.39, 0.29) is 35.9 Å². The fraction of sp³-hybridized carbons (Fsp3) is 0.600. The van der Waals surface area contributed by atoms with Gasteiger partial charge in [-0.3, -0.25) is 13.9 Å². The van der Waals surface area contributed by atoms with Gasteiger partial charge in [-0.15, -0.1) is 6.42 Å². The van der Waals surface area contributed by atoms with Crippen LogP contribution in [0, 0.1) is 18.4 Å². The highest BCUT2D eigenvalue weighted by Gasteiger charge is 2.49. The largest absolute Gasteiger partial charge is 0.461 e. The van der Waals surface area contributed by atoms with Gasteiger partial charge in [0.1, 0.15) is 24.2 Å². The molecule has 15 heteroatoms. The second-order valence-corrected chi connectivity index (χ2v) is 18.6. The molecule has 13 nitrogen and oxygen atoms in total. The molecule has 356 valence electrons. The van der Waals surface area contributed by atoms with Gasteiger partial charge in [-0.1, -0.05) is 176 Å². The number of terminal acetylenes is 1. The Kier molecular flexibility index (Phi) is 22.2. The number of carbonyl (C=O) groups is 1. The van der Waals surface area contributed by atoms with E-state index in [2.05, 4.69) is 34.7 Å². The molecule has 0 spiro atoms. The van der Waals surface area contributed by atoms with Gasteiger partial charge >= 0.3 is 12.0 Å². The van der Waals surface area contributed by atoms with Crippen molar-refractivity contribution in [2.45, 2.75) is 185 Å². The van der Waals surface area contributed by atoms with Crippen LogP contribution in [0.25, 0.3) is 11.2 Å². The maximum atomic E-state index is 14.7. The molecule has 1 saturated heterocycles. The molecular weight excluding hydrogens is 847 g/mol. The number of carbonyl (C=O) groups excluding carboxylic acids is 1. The van der Waals surface area contributed by atoms with Gasteiger partial charge in [0.2, 0.25) is 0 Å². The summed E-state index contributed by atoms with van der Waals surface area (Å²) < 4.78 is 49.0. The fourth-order valence-electron chi connectivity index (χ4n) is 8.37. The Morgan fingerprint density at radius 3 is 2.03 bits per heavy atom. The minimum Gasteiger partial charge on any atom is -0.461 e. The summed E-state index contributed by atoms with van der Waals surface area (Å²) in [5, 5.41) is 11.4. The lowest BCUT2D eigenvalue weighted by molar-refractivity contribution is -0.162. The number of rotatable bonds is 32. The minimum absolute atomic E-state index is 0.0492. The lowest BCUT2D eigenvalue weighted by Gasteiger charge is -2.32. The van der Waals surface area contributed by atoms with E-state index >= 15 is 0 Å². The number of esters is 1.